The molecular weight excluding hydrogens is 210 g/mol. The fourth-order valence-electron chi connectivity index (χ4n) is 1.80. The van der Waals surface area contributed by atoms with E-state index in [1.54, 1.807) is 0 Å². The van der Waals surface area contributed by atoms with Crippen molar-refractivity contribution in [2.75, 3.05) is 20.2 Å². The van der Waals surface area contributed by atoms with Gasteiger partial charge in [-0.05, 0) is 25.7 Å². The first-order valence-electron chi connectivity index (χ1n) is 5.67. The minimum Gasteiger partial charge on any atom is -0.480 e. The van der Waals surface area contributed by atoms with Crippen molar-refractivity contribution in [1.29, 1.82) is 0 Å². The van der Waals surface area contributed by atoms with Gasteiger partial charge in [0.05, 0.1) is 6.10 Å². The molecule has 1 rings (SSSR count). The minimum atomic E-state index is -0.982. The lowest BCUT2D eigenvalue weighted by Gasteiger charge is -2.23. The Hall–Kier alpha value is -1.10. The van der Waals surface area contributed by atoms with Crippen molar-refractivity contribution in [2.45, 2.75) is 38.2 Å². The van der Waals surface area contributed by atoms with Crippen LogP contribution in [0.25, 0.3) is 0 Å². The molecule has 0 bridgehead atoms. The Labute approximate surface area is 95.4 Å². The molecule has 16 heavy (non-hydrogen) atoms. The van der Waals surface area contributed by atoms with Gasteiger partial charge < -0.3 is 14.7 Å². The van der Waals surface area contributed by atoms with Gasteiger partial charge in [0, 0.05) is 20.1 Å². The Bertz CT molecular complexity index is 248. The van der Waals surface area contributed by atoms with Gasteiger partial charge in [0.2, 0.25) is 5.91 Å². The van der Waals surface area contributed by atoms with E-state index in [9.17, 15) is 9.59 Å². The van der Waals surface area contributed by atoms with E-state index < -0.39 is 5.97 Å². The van der Waals surface area contributed by atoms with Gasteiger partial charge >= 0.3 is 5.97 Å². The zero-order valence-electron chi connectivity index (χ0n) is 9.65. The number of hydrogen-bond donors (Lipinski definition) is 1. The van der Waals surface area contributed by atoms with E-state index in [-0.39, 0.29) is 18.6 Å². The molecule has 1 amide bonds. The summed E-state index contributed by atoms with van der Waals surface area (Å²) < 4.78 is 5.50. The summed E-state index contributed by atoms with van der Waals surface area (Å²) in [6.45, 7) is 0.550. The average molecular weight is 229 g/mol. The summed E-state index contributed by atoms with van der Waals surface area (Å²) in [4.78, 5) is 23.2. The Balaban J connectivity index is 2.20. The van der Waals surface area contributed by atoms with Crippen molar-refractivity contribution in [1.82, 2.24) is 4.90 Å². The Morgan fingerprint density at radius 2 is 2.19 bits per heavy atom. The molecule has 1 atom stereocenters. The van der Waals surface area contributed by atoms with Crippen molar-refractivity contribution in [3.8, 4) is 0 Å². The van der Waals surface area contributed by atoms with Gasteiger partial charge in [0.25, 0.3) is 0 Å². The topological polar surface area (TPSA) is 66.8 Å². The van der Waals surface area contributed by atoms with Gasteiger partial charge in [-0.1, -0.05) is 0 Å². The molecule has 0 aromatic rings. The number of rotatable bonds is 5. The van der Waals surface area contributed by atoms with Crippen molar-refractivity contribution in [2.24, 2.45) is 0 Å². The van der Waals surface area contributed by atoms with Gasteiger partial charge in [0.1, 0.15) is 6.54 Å². The number of likely N-dealkylation sites (N-methyl/N-ethyl adjacent to an activating group) is 1. The molecule has 1 saturated heterocycles. The number of carboxylic acid groups (broad SMARTS) is 1. The lowest BCUT2D eigenvalue weighted by Crippen LogP contribution is -2.32. The summed E-state index contributed by atoms with van der Waals surface area (Å²) in [6, 6.07) is 0. The summed E-state index contributed by atoms with van der Waals surface area (Å²) in [6.07, 6.45) is 4.51. The first kappa shape index (κ1) is 13.0. The minimum absolute atomic E-state index is 0.128. The molecule has 1 unspecified atom stereocenters. The molecule has 0 saturated carbocycles. The van der Waals surface area contributed by atoms with E-state index in [1.165, 1.54) is 11.9 Å². The third-order valence-corrected chi connectivity index (χ3v) is 2.75. The molecule has 0 aromatic carbocycles. The van der Waals surface area contributed by atoms with Gasteiger partial charge in [-0.15, -0.1) is 0 Å². The molecule has 1 fully saturated rings. The first-order chi connectivity index (χ1) is 7.59. The summed E-state index contributed by atoms with van der Waals surface area (Å²) in [5.41, 5.74) is 0. The zero-order chi connectivity index (χ0) is 12.0. The molecule has 92 valence electrons. The smallest absolute Gasteiger partial charge is 0.323 e. The van der Waals surface area contributed by atoms with Crippen molar-refractivity contribution in [3.05, 3.63) is 0 Å². The number of aliphatic carboxylic acids is 1. The fraction of sp³-hybridized carbons (Fsp3) is 0.818. The molecule has 1 aliphatic rings. The van der Waals surface area contributed by atoms with Crippen LogP contribution in [-0.4, -0.2) is 48.2 Å². The van der Waals surface area contributed by atoms with E-state index in [1.807, 2.05) is 0 Å². The summed E-state index contributed by atoms with van der Waals surface area (Å²) in [7, 11) is 1.51. The predicted octanol–water partition coefficient (Wildman–Crippen LogP) is 0.879. The maximum absolute atomic E-state index is 11.5. The second-order valence-corrected chi connectivity index (χ2v) is 4.17. The number of carboxylic acids is 1. The summed E-state index contributed by atoms with van der Waals surface area (Å²) >= 11 is 0. The van der Waals surface area contributed by atoms with Crippen LogP contribution in [0.15, 0.2) is 0 Å². The number of nitrogens with zero attached hydrogens (tertiary/aromatic N) is 1. The van der Waals surface area contributed by atoms with Crippen molar-refractivity contribution in [3.63, 3.8) is 0 Å². The van der Waals surface area contributed by atoms with Crippen LogP contribution in [0.2, 0.25) is 0 Å². The standard InChI is InChI=1S/C11H19NO4/c1-12(8-11(14)15)10(13)6-5-9-4-2-3-7-16-9/h9H,2-8H2,1H3,(H,14,15). The highest BCUT2D eigenvalue weighted by atomic mass is 16.5. The van der Waals surface area contributed by atoms with Crippen LogP contribution < -0.4 is 0 Å². The first-order valence-corrected chi connectivity index (χ1v) is 5.67. The number of hydrogen-bond acceptors (Lipinski definition) is 3. The molecule has 5 heteroatoms. The normalized spacial score (nSPS) is 20.4. The van der Waals surface area contributed by atoms with Crippen molar-refractivity contribution >= 4 is 11.9 Å². The summed E-state index contributed by atoms with van der Waals surface area (Å²) in [5.74, 6) is -1.11. The number of amides is 1. The highest BCUT2D eigenvalue weighted by Gasteiger charge is 2.17. The Morgan fingerprint density at radius 3 is 2.75 bits per heavy atom. The molecular formula is C11H19NO4. The van der Waals surface area contributed by atoms with Crippen LogP contribution in [-0.2, 0) is 14.3 Å². The van der Waals surface area contributed by atoms with Crippen LogP contribution in [0.5, 0.6) is 0 Å². The Kier molecular flexibility index (Phi) is 5.25. The second-order valence-electron chi connectivity index (χ2n) is 4.17. The lowest BCUT2D eigenvalue weighted by molar-refractivity contribution is -0.143. The SMILES string of the molecule is CN(CC(=O)O)C(=O)CCC1CCCCO1. The van der Waals surface area contributed by atoms with E-state index in [0.717, 1.165) is 25.9 Å². The highest BCUT2D eigenvalue weighted by Crippen LogP contribution is 2.17. The number of ether oxygens (including phenoxy) is 1. The van der Waals surface area contributed by atoms with Crippen LogP contribution >= 0.6 is 0 Å². The van der Waals surface area contributed by atoms with Gasteiger partial charge in [-0.25, -0.2) is 0 Å². The quantitative estimate of drug-likeness (QED) is 0.760. The van der Waals surface area contributed by atoms with Crippen LogP contribution in [0, 0.1) is 0 Å². The largest absolute Gasteiger partial charge is 0.480 e. The molecule has 1 N–H and O–H groups in total. The van der Waals surface area contributed by atoms with Gasteiger partial charge in [0.15, 0.2) is 0 Å². The van der Waals surface area contributed by atoms with E-state index >= 15 is 0 Å². The van der Waals surface area contributed by atoms with Gasteiger partial charge in [-0.2, -0.15) is 0 Å². The highest BCUT2D eigenvalue weighted by molar-refractivity contribution is 5.80. The van der Waals surface area contributed by atoms with Crippen LogP contribution in [0.3, 0.4) is 0 Å². The molecule has 0 aromatic heterocycles. The third kappa shape index (κ3) is 4.61. The molecule has 0 spiro atoms. The maximum atomic E-state index is 11.5. The van der Waals surface area contributed by atoms with E-state index in [4.69, 9.17) is 9.84 Å². The monoisotopic (exact) mass is 229 g/mol. The molecule has 1 heterocycles. The Morgan fingerprint density at radius 1 is 1.44 bits per heavy atom. The molecule has 5 nitrogen and oxygen atoms in total. The fourth-order valence-corrected chi connectivity index (χ4v) is 1.80. The van der Waals surface area contributed by atoms with Crippen LogP contribution in [0.4, 0.5) is 0 Å². The number of carbonyl (C=O) groups is 2. The maximum Gasteiger partial charge on any atom is 0.323 e. The van der Waals surface area contributed by atoms with Gasteiger partial charge in [-0.3, -0.25) is 9.59 Å². The third-order valence-electron chi connectivity index (χ3n) is 2.75. The molecule has 0 aliphatic carbocycles. The average Bonchev–Trinajstić information content (AvgIpc) is 2.26. The zero-order valence-corrected chi connectivity index (χ0v) is 9.65. The predicted molar refractivity (Wildman–Crippen MR) is 58.1 cm³/mol. The van der Waals surface area contributed by atoms with Crippen LogP contribution in [0.1, 0.15) is 32.1 Å². The lowest BCUT2D eigenvalue weighted by atomic mass is 10.0. The summed E-state index contributed by atoms with van der Waals surface area (Å²) in [5, 5.41) is 8.53. The molecule has 0 radical (unpaired) electrons. The van der Waals surface area contributed by atoms with Crippen molar-refractivity contribution < 1.29 is 19.4 Å². The van der Waals surface area contributed by atoms with E-state index in [2.05, 4.69) is 0 Å². The van der Waals surface area contributed by atoms with E-state index in [0.29, 0.717) is 12.8 Å². The molecule has 1 aliphatic heterocycles. The second kappa shape index (κ2) is 6.48. The number of carbonyl (C=O) groups excluding carboxylic acids is 1.